The first-order valence-electron chi connectivity index (χ1n) is 13.4. The summed E-state index contributed by atoms with van der Waals surface area (Å²) in [5.41, 5.74) is 5.46. The normalized spacial score (nSPS) is 25.2. The van der Waals surface area contributed by atoms with Crippen molar-refractivity contribution >= 4 is 0 Å². The van der Waals surface area contributed by atoms with Crippen LogP contribution in [-0.2, 0) is 12.8 Å². The summed E-state index contributed by atoms with van der Waals surface area (Å²) in [6.07, 6.45) is 1.13. The van der Waals surface area contributed by atoms with E-state index >= 15 is 0 Å². The van der Waals surface area contributed by atoms with Gasteiger partial charge in [-0.25, -0.2) is 0 Å². The fourth-order valence-electron chi connectivity index (χ4n) is 7.75. The van der Waals surface area contributed by atoms with Crippen molar-refractivity contribution in [3.8, 4) is 40.6 Å². The van der Waals surface area contributed by atoms with E-state index in [4.69, 9.17) is 28.4 Å². The van der Waals surface area contributed by atoms with Gasteiger partial charge in [0, 0.05) is 45.5 Å². The number of likely N-dealkylation sites (N-methyl/N-ethyl adjacent to an activating group) is 1. The number of nitriles is 1. The third-order valence-corrected chi connectivity index (χ3v) is 9.20. The highest BCUT2D eigenvalue weighted by molar-refractivity contribution is 5.67. The number of nitrogens with zero attached hydrogens (tertiary/aromatic N) is 3. The molecule has 1 N–H and O–H groups in total. The highest BCUT2D eigenvalue weighted by atomic mass is 16.5. The molecular formula is C30H39N3O7. The molecule has 10 nitrogen and oxygen atoms in total. The van der Waals surface area contributed by atoms with Crippen molar-refractivity contribution in [2.24, 2.45) is 0 Å². The van der Waals surface area contributed by atoms with Crippen molar-refractivity contribution in [1.82, 2.24) is 9.80 Å². The van der Waals surface area contributed by atoms with E-state index in [1.165, 1.54) is 0 Å². The van der Waals surface area contributed by atoms with Gasteiger partial charge in [0.15, 0.2) is 23.0 Å². The summed E-state index contributed by atoms with van der Waals surface area (Å²) in [4.78, 5) is 4.46. The fourth-order valence-corrected chi connectivity index (χ4v) is 7.75. The molecule has 2 aromatic rings. The average molecular weight is 554 g/mol. The number of ether oxygens (including phenoxy) is 6. The van der Waals surface area contributed by atoms with Crippen LogP contribution in [0.4, 0.5) is 0 Å². The van der Waals surface area contributed by atoms with Crippen LogP contribution in [0.5, 0.6) is 34.5 Å². The third-order valence-electron chi connectivity index (χ3n) is 9.20. The summed E-state index contributed by atoms with van der Waals surface area (Å²) in [6, 6.07) is 1.04. The zero-order valence-electron chi connectivity index (χ0n) is 24.7. The number of hydrogen-bond donors (Lipinski definition) is 1. The van der Waals surface area contributed by atoms with Gasteiger partial charge < -0.3 is 33.5 Å². The number of aliphatic hydroxyl groups is 1. The molecule has 0 saturated carbocycles. The number of fused-ring (bicyclic) bond motifs is 7. The van der Waals surface area contributed by atoms with Crippen LogP contribution in [0.1, 0.15) is 45.5 Å². The number of hydrogen-bond acceptors (Lipinski definition) is 10. The van der Waals surface area contributed by atoms with E-state index in [-0.39, 0.29) is 24.7 Å². The topological polar surface area (TPSA) is 106 Å². The summed E-state index contributed by atoms with van der Waals surface area (Å²) in [6.45, 7) is 3.70. The van der Waals surface area contributed by atoms with Crippen LogP contribution < -0.4 is 28.4 Å². The first kappa shape index (κ1) is 28.1. The van der Waals surface area contributed by atoms with E-state index in [9.17, 15) is 10.4 Å². The molecule has 0 spiro atoms. The zero-order valence-corrected chi connectivity index (χ0v) is 24.7. The predicted octanol–water partition coefficient (Wildman–Crippen LogP) is 3.12. The number of piperazine rings is 1. The molecule has 5 atom stereocenters. The van der Waals surface area contributed by atoms with E-state index in [1.807, 2.05) is 13.8 Å². The molecule has 0 amide bonds. The van der Waals surface area contributed by atoms with Crippen LogP contribution in [0.2, 0.25) is 0 Å². The molecule has 2 aromatic carbocycles. The number of methoxy groups -OCH3 is 6. The van der Waals surface area contributed by atoms with Crippen molar-refractivity contribution in [3.05, 3.63) is 33.4 Å². The fraction of sp³-hybridized carbons (Fsp3) is 0.567. The van der Waals surface area contributed by atoms with Gasteiger partial charge in [-0.15, -0.1) is 0 Å². The van der Waals surface area contributed by atoms with Crippen molar-refractivity contribution < 1.29 is 33.5 Å². The lowest BCUT2D eigenvalue weighted by molar-refractivity contribution is -0.0828. The van der Waals surface area contributed by atoms with Crippen molar-refractivity contribution in [1.29, 1.82) is 5.26 Å². The Morgan fingerprint density at radius 3 is 1.62 bits per heavy atom. The van der Waals surface area contributed by atoms with Gasteiger partial charge in [-0.1, -0.05) is 0 Å². The van der Waals surface area contributed by atoms with Crippen LogP contribution in [0.3, 0.4) is 0 Å². The monoisotopic (exact) mass is 553 g/mol. The van der Waals surface area contributed by atoms with Gasteiger partial charge >= 0.3 is 0 Å². The average Bonchev–Trinajstić information content (AvgIpc) is 2.95. The van der Waals surface area contributed by atoms with Gasteiger partial charge in [-0.2, -0.15) is 5.26 Å². The van der Waals surface area contributed by atoms with Crippen molar-refractivity contribution in [2.75, 3.05) is 56.3 Å². The second-order valence-electron chi connectivity index (χ2n) is 10.6. The smallest absolute Gasteiger partial charge is 0.167 e. The van der Waals surface area contributed by atoms with Gasteiger partial charge in [0.05, 0.1) is 67.4 Å². The molecule has 3 aliphatic rings. The first-order valence-corrected chi connectivity index (χ1v) is 13.4. The Kier molecular flexibility index (Phi) is 7.42. The molecule has 2 bridgehead atoms. The molecule has 0 aromatic heterocycles. The lowest BCUT2D eigenvalue weighted by Crippen LogP contribution is -2.68. The summed E-state index contributed by atoms with van der Waals surface area (Å²) in [5.74, 6) is 3.89. The minimum atomic E-state index is -0.516. The molecule has 1 fully saturated rings. The van der Waals surface area contributed by atoms with Crippen LogP contribution >= 0.6 is 0 Å². The Labute approximate surface area is 235 Å². The molecule has 0 radical (unpaired) electrons. The van der Waals surface area contributed by atoms with E-state index in [0.29, 0.717) is 41.6 Å². The highest BCUT2D eigenvalue weighted by Crippen LogP contribution is 2.59. The lowest BCUT2D eigenvalue weighted by atomic mass is 9.71. The summed E-state index contributed by atoms with van der Waals surface area (Å²) >= 11 is 0. The molecule has 3 aliphatic heterocycles. The number of aliphatic hydroxyl groups excluding tert-OH is 1. The standard InChI is InChI=1S/C30H39N3O7/c1-14-25(35-4)16-11-19-24-23-17(26(36-5)15(2)28(38-7)30(23)40-9)10-18(32(24)3)20(12-31)33(19)21(13-34)22(16)29(39-8)27(14)37-6/h18-21,24,34H,10-11,13H2,1-9H3/t18-,19-,20-,21-,24-/m0/s1. The van der Waals surface area contributed by atoms with Gasteiger partial charge in [0.1, 0.15) is 17.5 Å². The van der Waals surface area contributed by atoms with Gasteiger partial charge in [0.25, 0.3) is 0 Å². The van der Waals surface area contributed by atoms with E-state index < -0.39 is 12.1 Å². The Balaban J connectivity index is 1.85. The maximum Gasteiger partial charge on any atom is 0.167 e. The third kappa shape index (κ3) is 3.57. The molecule has 1 saturated heterocycles. The largest absolute Gasteiger partial charge is 0.496 e. The van der Waals surface area contributed by atoms with E-state index in [1.54, 1.807) is 42.7 Å². The Morgan fingerprint density at radius 2 is 1.18 bits per heavy atom. The molecule has 40 heavy (non-hydrogen) atoms. The van der Waals surface area contributed by atoms with Gasteiger partial charge in [-0.3, -0.25) is 9.80 Å². The van der Waals surface area contributed by atoms with Crippen LogP contribution in [-0.4, -0.2) is 89.3 Å². The number of rotatable bonds is 7. The van der Waals surface area contributed by atoms with E-state index in [2.05, 4.69) is 22.9 Å². The van der Waals surface area contributed by atoms with E-state index in [0.717, 1.165) is 39.1 Å². The summed E-state index contributed by atoms with van der Waals surface area (Å²) < 4.78 is 35.5. The zero-order chi connectivity index (χ0) is 29.0. The van der Waals surface area contributed by atoms with Crippen molar-refractivity contribution in [3.63, 3.8) is 0 Å². The predicted molar refractivity (Wildman–Crippen MR) is 148 cm³/mol. The molecular weight excluding hydrogens is 514 g/mol. The minimum Gasteiger partial charge on any atom is -0.496 e. The first-order chi connectivity index (χ1) is 19.3. The lowest BCUT2D eigenvalue weighted by Gasteiger charge is -2.60. The Hall–Kier alpha value is -3.39. The summed E-state index contributed by atoms with van der Waals surface area (Å²) in [7, 11) is 11.9. The Bertz CT molecular complexity index is 1370. The molecule has 216 valence electrons. The number of benzene rings is 2. The van der Waals surface area contributed by atoms with Crippen LogP contribution in [0, 0.1) is 25.2 Å². The summed E-state index contributed by atoms with van der Waals surface area (Å²) in [5, 5.41) is 21.6. The van der Waals surface area contributed by atoms with Crippen LogP contribution in [0.25, 0.3) is 0 Å². The highest BCUT2D eigenvalue weighted by Gasteiger charge is 2.57. The van der Waals surface area contributed by atoms with Gasteiger partial charge in [0.2, 0.25) is 0 Å². The maximum absolute atomic E-state index is 11.0. The Morgan fingerprint density at radius 1 is 0.725 bits per heavy atom. The van der Waals surface area contributed by atoms with Crippen LogP contribution in [0.15, 0.2) is 0 Å². The maximum atomic E-state index is 11.0. The quantitative estimate of drug-likeness (QED) is 0.550. The molecule has 10 heteroatoms. The molecule has 0 unspecified atom stereocenters. The van der Waals surface area contributed by atoms with Crippen molar-refractivity contribution in [2.45, 2.75) is 56.9 Å². The van der Waals surface area contributed by atoms with Gasteiger partial charge in [-0.05, 0) is 33.7 Å². The minimum absolute atomic E-state index is 0.152. The molecule has 3 heterocycles. The molecule has 0 aliphatic carbocycles. The SMILES string of the molecule is COc1c(C)c(OC)c(OC)c2c1C[C@H]1[C@H](C#N)N3[C@@H](CO)c4c(c(OC)c(C)c(OC)c4OC)C[C@H]3[C@@H]2N1C. The second kappa shape index (κ2) is 10.5. The second-order valence-corrected chi connectivity index (χ2v) is 10.6. The molecule has 5 rings (SSSR count).